The van der Waals surface area contributed by atoms with Gasteiger partial charge in [0.15, 0.2) is 0 Å². The van der Waals surface area contributed by atoms with Gasteiger partial charge in [-0.25, -0.2) is 4.79 Å². The molecule has 0 aliphatic carbocycles. The number of non-ortho nitro benzene ring substituents is 1. The van der Waals surface area contributed by atoms with Crippen molar-refractivity contribution < 1.29 is 19.3 Å². The molecule has 0 aromatic heterocycles. The summed E-state index contributed by atoms with van der Waals surface area (Å²) >= 11 is 0. The number of oxime groups is 1. The van der Waals surface area contributed by atoms with E-state index in [-0.39, 0.29) is 5.69 Å². The van der Waals surface area contributed by atoms with Gasteiger partial charge in [-0.05, 0) is 54.5 Å². The monoisotopic (exact) mass is 408 g/mol. The Bertz CT molecular complexity index is 947. The molecule has 0 spiro atoms. The van der Waals surface area contributed by atoms with Gasteiger partial charge >= 0.3 is 5.97 Å². The van der Waals surface area contributed by atoms with Gasteiger partial charge in [0.05, 0.1) is 17.1 Å². The molecule has 0 saturated heterocycles. The number of carbonyl (C=O) groups excluding carboxylic acids is 1. The van der Waals surface area contributed by atoms with Crippen LogP contribution in [0, 0.1) is 10.1 Å². The number of ether oxygens (including phenoxy) is 1. The molecule has 30 heavy (non-hydrogen) atoms. The van der Waals surface area contributed by atoms with Crippen LogP contribution >= 0.6 is 0 Å². The van der Waals surface area contributed by atoms with Gasteiger partial charge in [-0.1, -0.05) is 37.8 Å². The molecule has 2 aromatic rings. The normalized spacial score (nSPS) is 14.5. The lowest BCUT2D eigenvalue weighted by Gasteiger charge is -2.07. The molecule has 0 unspecified atom stereocenters. The first-order chi connectivity index (χ1) is 14.6. The van der Waals surface area contributed by atoms with Crippen LogP contribution < -0.4 is 4.74 Å². The Kier molecular flexibility index (Phi) is 7.32. The molecule has 0 saturated carbocycles. The van der Waals surface area contributed by atoms with Crippen molar-refractivity contribution >= 4 is 23.4 Å². The summed E-state index contributed by atoms with van der Waals surface area (Å²) in [4.78, 5) is 27.3. The number of nitrogens with zero attached hydrogens (tertiary/aromatic N) is 2. The first-order valence-corrected chi connectivity index (χ1v) is 10.1. The number of hydrogen-bond donors (Lipinski definition) is 0. The van der Waals surface area contributed by atoms with Crippen LogP contribution in [0.3, 0.4) is 0 Å². The average molecular weight is 408 g/mol. The van der Waals surface area contributed by atoms with Crippen LogP contribution in [-0.2, 0) is 9.63 Å². The molecular weight excluding hydrogens is 384 g/mol. The summed E-state index contributed by atoms with van der Waals surface area (Å²) in [6.45, 7) is 2.87. The maximum atomic E-state index is 12.1. The van der Waals surface area contributed by atoms with Gasteiger partial charge in [0.2, 0.25) is 0 Å². The van der Waals surface area contributed by atoms with Crippen LogP contribution in [0.1, 0.15) is 50.2 Å². The van der Waals surface area contributed by atoms with Crippen LogP contribution in [0.25, 0.3) is 6.08 Å². The van der Waals surface area contributed by atoms with E-state index in [0.29, 0.717) is 23.5 Å². The first-order valence-electron chi connectivity index (χ1n) is 10.1. The SMILES string of the molecule is CCCCCCCOc1ccc(C2=NOC(=O)C2=Cc2ccc([N+](=O)[O-])cc2)cc1. The predicted molar refractivity (Wildman–Crippen MR) is 114 cm³/mol. The lowest BCUT2D eigenvalue weighted by molar-refractivity contribution is -0.384. The number of benzene rings is 2. The van der Waals surface area contributed by atoms with E-state index < -0.39 is 10.9 Å². The van der Waals surface area contributed by atoms with Gasteiger partial charge in [0, 0.05) is 17.7 Å². The topological polar surface area (TPSA) is 91.0 Å². The van der Waals surface area contributed by atoms with Crippen molar-refractivity contribution in [2.75, 3.05) is 6.61 Å². The molecule has 0 bridgehead atoms. The van der Waals surface area contributed by atoms with Crippen LogP contribution in [0.5, 0.6) is 5.75 Å². The van der Waals surface area contributed by atoms with Crippen molar-refractivity contribution in [1.82, 2.24) is 0 Å². The molecule has 0 N–H and O–H groups in total. The molecule has 0 amide bonds. The lowest BCUT2D eigenvalue weighted by Crippen LogP contribution is -2.07. The molecule has 0 radical (unpaired) electrons. The number of nitro groups is 1. The maximum Gasteiger partial charge on any atom is 0.368 e. The molecule has 0 atom stereocenters. The Balaban J connectivity index is 1.65. The highest BCUT2D eigenvalue weighted by atomic mass is 16.7. The van der Waals surface area contributed by atoms with Gasteiger partial charge in [-0.2, -0.15) is 0 Å². The number of hydrogen-bond acceptors (Lipinski definition) is 6. The summed E-state index contributed by atoms with van der Waals surface area (Å²) in [6.07, 6.45) is 7.51. The third kappa shape index (κ3) is 5.53. The van der Waals surface area contributed by atoms with E-state index in [0.717, 1.165) is 17.7 Å². The van der Waals surface area contributed by atoms with Crippen LogP contribution in [0.4, 0.5) is 5.69 Å². The quantitative estimate of drug-likeness (QED) is 0.175. The van der Waals surface area contributed by atoms with E-state index in [2.05, 4.69) is 12.1 Å². The molecule has 7 heteroatoms. The standard InChI is InChI=1S/C23H24N2O5/c1-2-3-4-5-6-15-29-20-13-9-18(10-14-20)22-21(23(26)30-24-22)16-17-7-11-19(12-8-17)25(27)28/h7-14,16H,2-6,15H2,1H3. The van der Waals surface area contributed by atoms with Crippen molar-refractivity contribution in [3.05, 3.63) is 75.3 Å². The Morgan fingerprint density at radius 3 is 2.40 bits per heavy atom. The Hall–Kier alpha value is -3.48. The zero-order chi connectivity index (χ0) is 21.3. The maximum absolute atomic E-state index is 12.1. The van der Waals surface area contributed by atoms with Crippen LogP contribution in [0.2, 0.25) is 0 Å². The predicted octanol–water partition coefficient (Wildman–Crippen LogP) is 5.29. The van der Waals surface area contributed by atoms with E-state index in [4.69, 9.17) is 9.57 Å². The van der Waals surface area contributed by atoms with Gasteiger partial charge < -0.3 is 9.57 Å². The minimum Gasteiger partial charge on any atom is -0.494 e. The van der Waals surface area contributed by atoms with Crippen molar-refractivity contribution in [3.8, 4) is 5.75 Å². The summed E-state index contributed by atoms with van der Waals surface area (Å²) in [5.41, 5.74) is 2.08. The van der Waals surface area contributed by atoms with E-state index in [9.17, 15) is 14.9 Å². The zero-order valence-corrected chi connectivity index (χ0v) is 16.9. The highest BCUT2D eigenvalue weighted by Crippen LogP contribution is 2.23. The van der Waals surface area contributed by atoms with Crippen molar-refractivity contribution in [2.24, 2.45) is 5.16 Å². The minimum atomic E-state index is -0.559. The molecule has 156 valence electrons. The van der Waals surface area contributed by atoms with Crippen LogP contribution in [0.15, 0.2) is 59.3 Å². The second-order valence-corrected chi connectivity index (χ2v) is 7.01. The van der Waals surface area contributed by atoms with Gasteiger partial charge in [0.25, 0.3) is 5.69 Å². The second-order valence-electron chi connectivity index (χ2n) is 7.01. The highest BCUT2D eigenvalue weighted by Gasteiger charge is 2.26. The number of rotatable bonds is 10. The fourth-order valence-electron chi connectivity index (χ4n) is 3.08. The smallest absolute Gasteiger partial charge is 0.368 e. The fraction of sp³-hybridized carbons (Fsp3) is 0.304. The number of nitro benzene ring substituents is 1. The molecule has 1 aliphatic heterocycles. The van der Waals surface area contributed by atoms with Crippen LogP contribution in [-0.4, -0.2) is 23.2 Å². The Morgan fingerprint density at radius 1 is 1.03 bits per heavy atom. The van der Waals surface area contributed by atoms with Crippen molar-refractivity contribution in [1.29, 1.82) is 0 Å². The van der Waals surface area contributed by atoms with Gasteiger partial charge in [-0.15, -0.1) is 0 Å². The number of carbonyl (C=O) groups is 1. The summed E-state index contributed by atoms with van der Waals surface area (Å²) in [5, 5.41) is 14.7. The summed E-state index contributed by atoms with van der Waals surface area (Å²) in [5.74, 6) is 0.205. The molecule has 7 nitrogen and oxygen atoms in total. The van der Waals surface area contributed by atoms with Crippen molar-refractivity contribution in [2.45, 2.75) is 39.0 Å². The number of unbranched alkanes of at least 4 members (excludes halogenated alkanes) is 4. The summed E-state index contributed by atoms with van der Waals surface area (Å²) in [7, 11) is 0. The first kappa shape index (κ1) is 21.2. The highest BCUT2D eigenvalue weighted by molar-refractivity contribution is 6.31. The minimum absolute atomic E-state index is 0.0130. The summed E-state index contributed by atoms with van der Waals surface area (Å²) in [6, 6.07) is 13.3. The second kappa shape index (κ2) is 10.3. The van der Waals surface area contributed by atoms with Gasteiger partial charge in [0.1, 0.15) is 11.5 Å². The van der Waals surface area contributed by atoms with E-state index in [1.165, 1.54) is 37.8 Å². The Morgan fingerprint density at radius 2 is 1.73 bits per heavy atom. The zero-order valence-electron chi connectivity index (χ0n) is 16.9. The van der Waals surface area contributed by atoms with Crippen molar-refractivity contribution in [3.63, 3.8) is 0 Å². The largest absolute Gasteiger partial charge is 0.494 e. The van der Waals surface area contributed by atoms with E-state index in [1.807, 2.05) is 24.3 Å². The van der Waals surface area contributed by atoms with E-state index >= 15 is 0 Å². The lowest BCUT2D eigenvalue weighted by atomic mass is 10.0. The Labute approximate surface area is 175 Å². The molecule has 3 rings (SSSR count). The van der Waals surface area contributed by atoms with Gasteiger partial charge in [-0.3, -0.25) is 10.1 Å². The summed E-state index contributed by atoms with van der Waals surface area (Å²) < 4.78 is 5.77. The average Bonchev–Trinajstić information content (AvgIpc) is 3.11. The van der Waals surface area contributed by atoms with E-state index in [1.54, 1.807) is 18.2 Å². The third-order valence-electron chi connectivity index (χ3n) is 4.75. The molecular formula is C23H24N2O5. The fourth-order valence-corrected chi connectivity index (χ4v) is 3.08. The third-order valence-corrected chi connectivity index (χ3v) is 4.75. The molecule has 0 fully saturated rings. The molecule has 1 heterocycles. The molecule has 1 aliphatic rings. The molecule has 2 aromatic carbocycles.